The lowest BCUT2D eigenvalue weighted by atomic mass is 10.1. The molecule has 0 aliphatic rings. The Hall–Kier alpha value is -4.72. The first-order valence-corrected chi connectivity index (χ1v) is 9.93. The number of furan rings is 2. The third-order valence-corrected chi connectivity index (χ3v) is 4.88. The van der Waals surface area contributed by atoms with Crippen molar-refractivity contribution in [3.63, 3.8) is 0 Å². The second-order valence-corrected chi connectivity index (χ2v) is 7.13. The van der Waals surface area contributed by atoms with Crippen molar-refractivity contribution in [3.05, 3.63) is 112 Å². The lowest BCUT2D eigenvalue weighted by Gasteiger charge is -2.05. The van der Waals surface area contributed by atoms with E-state index in [0.29, 0.717) is 39.7 Å². The summed E-state index contributed by atoms with van der Waals surface area (Å²) in [6.45, 7) is 1.69. The number of aryl methyl sites for hydroxylation is 1. The third-order valence-electron chi connectivity index (χ3n) is 4.88. The van der Waals surface area contributed by atoms with Gasteiger partial charge < -0.3 is 14.2 Å². The molecule has 8 nitrogen and oxygen atoms in total. The van der Waals surface area contributed by atoms with Crippen LogP contribution >= 0.6 is 0 Å². The minimum absolute atomic E-state index is 0.0360. The highest BCUT2D eigenvalue weighted by Crippen LogP contribution is 2.26. The lowest BCUT2D eigenvalue weighted by molar-refractivity contribution is -0.384. The Morgan fingerprint density at radius 3 is 2.61 bits per heavy atom. The van der Waals surface area contributed by atoms with Crippen LogP contribution in [0.4, 0.5) is 11.4 Å². The molecule has 0 atom stereocenters. The number of rotatable bonds is 7. The number of hydrogen-bond acceptors (Lipinski definition) is 6. The fraction of sp³-hybridized carbons (Fsp3) is 0.0400. The molecule has 33 heavy (non-hydrogen) atoms. The molecule has 1 N–H and O–H groups in total. The number of anilines is 1. The topological polar surface area (TPSA) is 116 Å². The Bertz CT molecular complexity index is 1380. The van der Waals surface area contributed by atoms with Crippen molar-refractivity contribution in [1.82, 2.24) is 0 Å². The molecule has 1 amide bonds. The fourth-order valence-corrected chi connectivity index (χ4v) is 3.19. The van der Waals surface area contributed by atoms with Gasteiger partial charge in [0.2, 0.25) is 0 Å². The van der Waals surface area contributed by atoms with Gasteiger partial charge in [0, 0.05) is 28.9 Å². The van der Waals surface area contributed by atoms with Gasteiger partial charge in [-0.25, -0.2) is 0 Å². The molecule has 0 radical (unpaired) electrons. The highest BCUT2D eigenvalue weighted by Gasteiger charge is 2.13. The van der Waals surface area contributed by atoms with Crippen LogP contribution in [0.5, 0.6) is 0 Å². The SMILES string of the molecule is Cc1occc1C(=O)Nc1cccc(C(=O)/C=C/c2ccc(-c3cccc([N+](=O)[O-])c3)o2)c1. The number of nitro benzene ring substituents is 1. The molecule has 4 rings (SSSR count). The summed E-state index contributed by atoms with van der Waals surface area (Å²) in [6, 6.07) is 17.6. The van der Waals surface area contributed by atoms with E-state index in [1.165, 1.54) is 30.5 Å². The zero-order chi connectivity index (χ0) is 23.4. The molecule has 0 aliphatic carbocycles. The average Bonchev–Trinajstić information content (AvgIpc) is 3.47. The highest BCUT2D eigenvalue weighted by atomic mass is 16.6. The molecular formula is C25H18N2O6. The van der Waals surface area contributed by atoms with Crippen LogP contribution in [0.1, 0.15) is 32.2 Å². The summed E-state index contributed by atoms with van der Waals surface area (Å²) in [4.78, 5) is 35.4. The first-order valence-electron chi connectivity index (χ1n) is 9.93. The summed E-state index contributed by atoms with van der Waals surface area (Å²) in [5.74, 6) is 0.768. The maximum Gasteiger partial charge on any atom is 0.270 e. The van der Waals surface area contributed by atoms with Gasteiger partial charge in [-0.05, 0) is 49.4 Å². The Morgan fingerprint density at radius 2 is 1.85 bits per heavy atom. The first kappa shape index (κ1) is 21.5. The summed E-state index contributed by atoms with van der Waals surface area (Å²) >= 11 is 0. The van der Waals surface area contributed by atoms with E-state index in [2.05, 4.69) is 5.32 Å². The lowest BCUT2D eigenvalue weighted by Crippen LogP contribution is -2.12. The number of amides is 1. The van der Waals surface area contributed by atoms with Crippen LogP contribution in [0, 0.1) is 17.0 Å². The maximum absolute atomic E-state index is 12.6. The summed E-state index contributed by atoms with van der Waals surface area (Å²) < 4.78 is 10.8. The first-order chi connectivity index (χ1) is 15.9. The largest absolute Gasteiger partial charge is 0.469 e. The molecule has 0 spiro atoms. The van der Waals surface area contributed by atoms with E-state index in [4.69, 9.17) is 8.83 Å². The summed E-state index contributed by atoms with van der Waals surface area (Å²) in [5.41, 5.74) is 1.81. The van der Waals surface area contributed by atoms with Crippen LogP contribution in [0.15, 0.2) is 87.9 Å². The molecule has 8 heteroatoms. The van der Waals surface area contributed by atoms with Gasteiger partial charge in [-0.1, -0.05) is 24.3 Å². The number of nitro groups is 1. The third kappa shape index (κ3) is 4.96. The molecule has 0 saturated carbocycles. The van der Waals surface area contributed by atoms with E-state index in [-0.39, 0.29) is 17.4 Å². The highest BCUT2D eigenvalue weighted by molar-refractivity contribution is 6.09. The summed E-state index contributed by atoms with van der Waals surface area (Å²) in [7, 11) is 0. The quantitative estimate of drug-likeness (QED) is 0.165. The van der Waals surface area contributed by atoms with Gasteiger partial charge in [-0.3, -0.25) is 19.7 Å². The monoisotopic (exact) mass is 442 g/mol. The van der Waals surface area contributed by atoms with Crippen molar-refractivity contribution in [2.45, 2.75) is 6.92 Å². The van der Waals surface area contributed by atoms with Crippen LogP contribution in [-0.4, -0.2) is 16.6 Å². The molecule has 2 heterocycles. The van der Waals surface area contributed by atoms with Crippen molar-refractivity contribution in [1.29, 1.82) is 0 Å². The van der Waals surface area contributed by atoms with E-state index >= 15 is 0 Å². The van der Waals surface area contributed by atoms with E-state index in [1.54, 1.807) is 61.5 Å². The smallest absolute Gasteiger partial charge is 0.270 e. The molecule has 164 valence electrons. The standard InChI is InChI=1S/C25H18N2O6/c1-16-22(12-13-32-16)25(29)26-19-6-2-4-17(14-19)23(28)10-8-21-9-11-24(33-21)18-5-3-7-20(15-18)27(30)31/h2-15H,1H3,(H,26,29)/b10-8+. The normalized spacial score (nSPS) is 10.9. The number of nitrogens with zero attached hydrogens (tertiary/aromatic N) is 1. The number of nitrogens with one attached hydrogen (secondary N) is 1. The number of benzene rings is 2. The Kier molecular flexibility index (Phi) is 5.99. The zero-order valence-electron chi connectivity index (χ0n) is 17.5. The van der Waals surface area contributed by atoms with Gasteiger partial charge in [-0.2, -0.15) is 0 Å². The average molecular weight is 442 g/mol. The van der Waals surface area contributed by atoms with Gasteiger partial charge in [0.25, 0.3) is 11.6 Å². The number of carbonyl (C=O) groups is 2. The molecule has 0 unspecified atom stereocenters. The molecular weight excluding hydrogens is 424 g/mol. The summed E-state index contributed by atoms with van der Waals surface area (Å²) in [6.07, 6.45) is 4.31. The molecule has 0 saturated heterocycles. The summed E-state index contributed by atoms with van der Waals surface area (Å²) in [5, 5.41) is 13.7. The van der Waals surface area contributed by atoms with Gasteiger partial charge in [0.1, 0.15) is 17.3 Å². The van der Waals surface area contributed by atoms with Crippen molar-refractivity contribution in [3.8, 4) is 11.3 Å². The molecule has 0 fully saturated rings. The van der Waals surface area contributed by atoms with Gasteiger partial charge in [0.05, 0.1) is 16.7 Å². The fourth-order valence-electron chi connectivity index (χ4n) is 3.19. The van der Waals surface area contributed by atoms with E-state index in [0.717, 1.165) is 0 Å². The Labute approximate surface area is 188 Å². The number of carbonyl (C=O) groups excluding carboxylic acids is 2. The zero-order valence-corrected chi connectivity index (χ0v) is 17.5. The number of ketones is 1. The molecule has 0 aliphatic heterocycles. The second kappa shape index (κ2) is 9.19. The molecule has 4 aromatic rings. The van der Waals surface area contributed by atoms with Crippen molar-refractivity contribution in [2.24, 2.45) is 0 Å². The van der Waals surface area contributed by atoms with Gasteiger partial charge in [0.15, 0.2) is 5.78 Å². The maximum atomic E-state index is 12.6. The molecule has 0 bridgehead atoms. The number of hydrogen-bond donors (Lipinski definition) is 1. The second-order valence-electron chi connectivity index (χ2n) is 7.13. The number of allylic oxidation sites excluding steroid dienone is 1. The molecule has 2 aromatic carbocycles. The van der Waals surface area contributed by atoms with Crippen LogP contribution in [0.3, 0.4) is 0 Å². The van der Waals surface area contributed by atoms with Crippen LogP contribution in [0.25, 0.3) is 17.4 Å². The molecule has 2 aromatic heterocycles. The minimum atomic E-state index is -0.473. The number of non-ortho nitro benzene ring substituents is 1. The van der Waals surface area contributed by atoms with Crippen molar-refractivity contribution in [2.75, 3.05) is 5.32 Å². The Morgan fingerprint density at radius 1 is 1.03 bits per heavy atom. The van der Waals surface area contributed by atoms with E-state index in [9.17, 15) is 19.7 Å². The van der Waals surface area contributed by atoms with E-state index < -0.39 is 4.92 Å². The van der Waals surface area contributed by atoms with Crippen LogP contribution < -0.4 is 5.32 Å². The van der Waals surface area contributed by atoms with Crippen LogP contribution in [-0.2, 0) is 0 Å². The van der Waals surface area contributed by atoms with Crippen LogP contribution in [0.2, 0.25) is 0 Å². The predicted octanol–water partition coefficient (Wildman–Crippen LogP) is 5.90. The van der Waals surface area contributed by atoms with Crippen molar-refractivity contribution < 1.29 is 23.3 Å². The predicted molar refractivity (Wildman–Crippen MR) is 122 cm³/mol. The Balaban J connectivity index is 1.46. The van der Waals surface area contributed by atoms with Gasteiger partial charge in [-0.15, -0.1) is 0 Å². The van der Waals surface area contributed by atoms with Crippen molar-refractivity contribution >= 4 is 29.1 Å². The minimum Gasteiger partial charge on any atom is -0.469 e. The van der Waals surface area contributed by atoms with Gasteiger partial charge >= 0.3 is 0 Å². The van der Waals surface area contributed by atoms with E-state index in [1.807, 2.05) is 0 Å².